The average Bonchev–Trinajstić information content (AvgIpc) is 2.62. The van der Waals surface area contributed by atoms with Crippen molar-refractivity contribution in [3.63, 3.8) is 0 Å². The van der Waals surface area contributed by atoms with Crippen LogP contribution in [0.15, 0.2) is 47.1 Å². The second kappa shape index (κ2) is 6.06. The zero-order valence-corrected chi connectivity index (χ0v) is 16.3. The van der Waals surface area contributed by atoms with E-state index < -0.39 is 13.9 Å². The highest BCUT2D eigenvalue weighted by Gasteiger charge is 2.44. The zero-order valence-electron chi connectivity index (χ0n) is 14.5. The monoisotopic (exact) mass is 336 g/mol. The molecule has 4 heteroatoms. The molecule has 0 spiro atoms. The first-order valence-corrected chi connectivity index (χ1v) is 11.6. The van der Waals surface area contributed by atoms with E-state index in [4.69, 9.17) is 4.43 Å². The third-order valence-electron chi connectivity index (χ3n) is 4.68. The van der Waals surface area contributed by atoms with Gasteiger partial charge in [0.1, 0.15) is 0 Å². The lowest BCUT2D eigenvalue weighted by molar-refractivity contribution is 0.0712. The zero-order chi connectivity index (χ0) is 16.6. The minimum absolute atomic E-state index is 0.0367. The van der Waals surface area contributed by atoms with Gasteiger partial charge in [0.25, 0.3) is 0 Å². The van der Waals surface area contributed by atoms with Crippen LogP contribution in [0.2, 0.25) is 18.1 Å². The number of benzene rings is 1. The number of aliphatic hydroxyl groups is 1. The molecule has 0 saturated carbocycles. The molecule has 2 rings (SSSR count). The van der Waals surface area contributed by atoms with Gasteiger partial charge in [0, 0.05) is 11.3 Å². The Bertz CT molecular complexity index is 544. The maximum absolute atomic E-state index is 10.7. The summed E-state index contributed by atoms with van der Waals surface area (Å²) in [6.45, 7) is 13.1. The van der Waals surface area contributed by atoms with E-state index in [0.717, 1.165) is 5.76 Å². The van der Waals surface area contributed by atoms with E-state index in [1.165, 1.54) is 4.90 Å². The van der Waals surface area contributed by atoms with Crippen LogP contribution < -0.4 is 0 Å². The third kappa shape index (κ3) is 3.97. The molecule has 1 aromatic rings. The summed E-state index contributed by atoms with van der Waals surface area (Å²) in [6, 6.07) is 10.2. The minimum Gasteiger partial charge on any atom is -0.547 e. The van der Waals surface area contributed by atoms with Crippen molar-refractivity contribution in [2.75, 3.05) is 0 Å². The Hall–Kier alpha value is -0.713. The quantitative estimate of drug-likeness (QED) is 0.766. The largest absolute Gasteiger partial charge is 0.547 e. The van der Waals surface area contributed by atoms with Gasteiger partial charge in [0.2, 0.25) is 8.32 Å². The van der Waals surface area contributed by atoms with Gasteiger partial charge in [0.15, 0.2) is 0 Å². The van der Waals surface area contributed by atoms with Crippen LogP contribution >= 0.6 is 11.8 Å². The van der Waals surface area contributed by atoms with Crippen LogP contribution in [0.5, 0.6) is 0 Å². The molecule has 2 nitrogen and oxygen atoms in total. The van der Waals surface area contributed by atoms with Gasteiger partial charge in [-0.3, -0.25) is 0 Å². The third-order valence-corrected chi connectivity index (χ3v) is 10.5. The summed E-state index contributed by atoms with van der Waals surface area (Å²) < 4.78 is 6.39. The molecule has 0 unspecified atom stereocenters. The van der Waals surface area contributed by atoms with Gasteiger partial charge in [0.05, 0.1) is 16.6 Å². The van der Waals surface area contributed by atoms with E-state index in [0.29, 0.717) is 6.42 Å². The fourth-order valence-electron chi connectivity index (χ4n) is 2.22. The maximum atomic E-state index is 10.7. The first kappa shape index (κ1) is 17.6. The van der Waals surface area contributed by atoms with Crippen LogP contribution in [0, 0.1) is 0 Å². The van der Waals surface area contributed by atoms with Gasteiger partial charge < -0.3 is 9.53 Å². The first-order valence-electron chi connectivity index (χ1n) is 7.85. The fraction of sp³-hybridized carbons (Fsp3) is 0.556. The molecular weight excluding hydrogens is 308 g/mol. The highest BCUT2D eigenvalue weighted by Crippen LogP contribution is 2.44. The maximum Gasteiger partial charge on any atom is 0.250 e. The molecule has 1 N–H and O–H groups in total. The smallest absolute Gasteiger partial charge is 0.250 e. The SMILES string of the molecule is CC(C)(C)[Si](C)(C)OC1=C[C@H](Sc2ccccc2)[C@](C)(O)C1. The summed E-state index contributed by atoms with van der Waals surface area (Å²) in [5, 5.41) is 11.0. The molecule has 0 heterocycles. The first-order chi connectivity index (χ1) is 10.0. The van der Waals surface area contributed by atoms with Crippen LogP contribution in [0.3, 0.4) is 0 Å². The molecule has 22 heavy (non-hydrogen) atoms. The predicted octanol–water partition coefficient (Wildman–Crippen LogP) is 5.21. The van der Waals surface area contributed by atoms with Crippen LogP contribution in [0.25, 0.3) is 0 Å². The molecule has 2 atom stereocenters. The molecule has 1 aliphatic carbocycles. The fourth-order valence-corrected chi connectivity index (χ4v) is 4.48. The summed E-state index contributed by atoms with van der Waals surface area (Å²) in [5.41, 5.74) is -0.752. The van der Waals surface area contributed by atoms with E-state index in [2.05, 4.69) is 52.1 Å². The summed E-state index contributed by atoms with van der Waals surface area (Å²) in [4.78, 5) is 1.18. The van der Waals surface area contributed by atoms with Gasteiger partial charge in [-0.05, 0) is 43.3 Å². The number of thioether (sulfide) groups is 1. The Balaban J connectivity index is 2.13. The Morgan fingerprint density at radius 3 is 2.36 bits per heavy atom. The highest BCUT2D eigenvalue weighted by molar-refractivity contribution is 8.00. The summed E-state index contributed by atoms with van der Waals surface area (Å²) in [6.07, 6.45) is 2.72. The van der Waals surface area contributed by atoms with Gasteiger partial charge in [-0.1, -0.05) is 39.0 Å². The standard InChI is InChI=1S/C18H28O2SSi/c1-17(2,3)22(5,6)20-14-12-16(18(4,19)13-14)21-15-10-8-7-9-11-15/h7-12,16,19H,13H2,1-6H3/t16-,18+/m0/s1. The molecular formula is C18H28O2SSi. The van der Waals surface area contributed by atoms with Gasteiger partial charge >= 0.3 is 0 Å². The van der Waals surface area contributed by atoms with Crippen molar-refractivity contribution < 1.29 is 9.53 Å². The van der Waals surface area contributed by atoms with Gasteiger partial charge in [-0.25, -0.2) is 0 Å². The van der Waals surface area contributed by atoms with Crippen molar-refractivity contribution in [2.24, 2.45) is 0 Å². The Kier molecular flexibility index (Phi) is 4.86. The summed E-state index contributed by atoms with van der Waals surface area (Å²) >= 11 is 1.70. The normalized spacial score (nSPS) is 26.0. The molecule has 0 amide bonds. The topological polar surface area (TPSA) is 29.5 Å². The van der Waals surface area contributed by atoms with E-state index >= 15 is 0 Å². The van der Waals surface area contributed by atoms with E-state index in [9.17, 15) is 5.11 Å². The second-order valence-corrected chi connectivity index (χ2v) is 13.8. The van der Waals surface area contributed by atoms with Crippen molar-refractivity contribution >= 4 is 20.1 Å². The molecule has 0 aromatic heterocycles. The van der Waals surface area contributed by atoms with Crippen LogP contribution in [0.4, 0.5) is 0 Å². The predicted molar refractivity (Wildman–Crippen MR) is 97.7 cm³/mol. The summed E-state index contributed by atoms with van der Waals surface area (Å²) in [7, 11) is -1.84. The van der Waals surface area contributed by atoms with Crippen molar-refractivity contribution in [2.45, 2.75) is 68.0 Å². The minimum atomic E-state index is -1.84. The van der Waals surface area contributed by atoms with Crippen LogP contribution in [-0.2, 0) is 4.43 Å². The van der Waals surface area contributed by atoms with Crippen molar-refractivity contribution in [1.82, 2.24) is 0 Å². The molecule has 0 aliphatic heterocycles. The van der Waals surface area contributed by atoms with Crippen LogP contribution in [0.1, 0.15) is 34.1 Å². The average molecular weight is 337 g/mol. The lowest BCUT2D eigenvalue weighted by Crippen LogP contribution is -2.40. The lowest BCUT2D eigenvalue weighted by atomic mass is 10.0. The highest BCUT2D eigenvalue weighted by atomic mass is 32.2. The number of hydrogen-bond acceptors (Lipinski definition) is 3. The molecule has 122 valence electrons. The van der Waals surface area contributed by atoms with E-state index in [-0.39, 0.29) is 10.3 Å². The molecule has 0 saturated heterocycles. The van der Waals surface area contributed by atoms with Crippen molar-refractivity contribution in [3.8, 4) is 0 Å². The number of rotatable bonds is 4. The van der Waals surface area contributed by atoms with Crippen LogP contribution in [-0.4, -0.2) is 24.3 Å². The Morgan fingerprint density at radius 1 is 1.23 bits per heavy atom. The Morgan fingerprint density at radius 2 is 1.82 bits per heavy atom. The van der Waals surface area contributed by atoms with Crippen molar-refractivity contribution in [3.05, 3.63) is 42.2 Å². The molecule has 0 bridgehead atoms. The Labute approximate surface area is 140 Å². The van der Waals surface area contributed by atoms with Gasteiger partial charge in [-0.15, -0.1) is 11.8 Å². The molecule has 1 aliphatic rings. The summed E-state index contributed by atoms with van der Waals surface area (Å²) in [5.74, 6) is 0.963. The van der Waals surface area contributed by atoms with Gasteiger partial charge in [-0.2, -0.15) is 0 Å². The molecule has 0 fully saturated rings. The second-order valence-electron chi connectivity index (χ2n) is 7.88. The van der Waals surface area contributed by atoms with E-state index in [1.54, 1.807) is 11.8 Å². The van der Waals surface area contributed by atoms with Crippen molar-refractivity contribution in [1.29, 1.82) is 0 Å². The number of hydrogen-bond donors (Lipinski definition) is 1. The molecule has 1 aromatic carbocycles. The molecule has 0 radical (unpaired) electrons. The lowest BCUT2D eigenvalue weighted by Gasteiger charge is -2.37. The van der Waals surface area contributed by atoms with E-state index in [1.807, 2.05) is 25.1 Å².